The van der Waals surface area contributed by atoms with Gasteiger partial charge < -0.3 is 5.73 Å². The molecule has 0 aromatic carbocycles. The number of carbonyl (C=O) groups excluding carboxylic acids is 3. The molecule has 0 saturated carbocycles. The van der Waals surface area contributed by atoms with Gasteiger partial charge in [-0.15, -0.1) is 0 Å². The lowest BCUT2D eigenvalue weighted by Gasteiger charge is -2.17. The minimum Gasteiger partial charge on any atom is -0.370 e. The first-order chi connectivity index (χ1) is 11.3. The lowest BCUT2D eigenvalue weighted by molar-refractivity contribution is -0.118. The van der Waals surface area contributed by atoms with Crippen LogP contribution >= 0.6 is 23.5 Å². The van der Waals surface area contributed by atoms with Gasteiger partial charge in [0.25, 0.3) is 0 Å². The van der Waals surface area contributed by atoms with Gasteiger partial charge in [-0.1, -0.05) is 57.6 Å². The predicted octanol–water partition coefficient (Wildman–Crippen LogP) is 4.40. The number of hydrogen-bond donors (Lipinski definition) is 1. The van der Waals surface area contributed by atoms with E-state index in [2.05, 4.69) is 0 Å². The van der Waals surface area contributed by atoms with E-state index in [9.17, 15) is 14.4 Å². The van der Waals surface area contributed by atoms with Crippen LogP contribution in [-0.2, 0) is 14.4 Å². The molecule has 140 valence electrons. The van der Waals surface area contributed by atoms with Gasteiger partial charge in [-0.3, -0.25) is 14.4 Å². The lowest BCUT2D eigenvalue weighted by Crippen LogP contribution is -2.15. The summed E-state index contributed by atoms with van der Waals surface area (Å²) in [4.78, 5) is 34.9. The van der Waals surface area contributed by atoms with E-state index in [0.29, 0.717) is 6.42 Å². The summed E-state index contributed by atoms with van der Waals surface area (Å²) in [5, 5.41) is 0.690. The molecule has 0 radical (unpaired) electrons. The summed E-state index contributed by atoms with van der Waals surface area (Å²) in [5.41, 5.74) is 5.16. The molecule has 1 amide bonds. The molecule has 0 heterocycles. The Bertz CT molecular complexity index is 402. The van der Waals surface area contributed by atoms with Gasteiger partial charge in [0.05, 0.1) is 0 Å². The molecule has 3 atom stereocenters. The third-order valence-corrected chi connectivity index (χ3v) is 6.76. The Morgan fingerprint density at radius 1 is 0.917 bits per heavy atom. The van der Waals surface area contributed by atoms with Crippen LogP contribution in [0.25, 0.3) is 0 Å². The highest BCUT2D eigenvalue weighted by atomic mass is 32.2. The third kappa shape index (κ3) is 11.1. The summed E-state index contributed by atoms with van der Waals surface area (Å²) in [7, 11) is 0. The van der Waals surface area contributed by atoms with Gasteiger partial charge in [0, 0.05) is 29.3 Å². The van der Waals surface area contributed by atoms with E-state index in [4.69, 9.17) is 5.73 Å². The van der Waals surface area contributed by atoms with E-state index in [1.165, 1.54) is 23.5 Å². The maximum Gasteiger partial charge on any atom is 0.217 e. The zero-order valence-electron chi connectivity index (χ0n) is 15.5. The van der Waals surface area contributed by atoms with Gasteiger partial charge in [0.15, 0.2) is 10.2 Å². The fraction of sp³-hybridized carbons (Fsp3) is 0.833. The molecule has 0 spiro atoms. The maximum absolute atomic E-state index is 12.2. The summed E-state index contributed by atoms with van der Waals surface area (Å²) >= 11 is 2.81. The molecule has 4 nitrogen and oxygen atoms in total. The highest BCUT2D eigenvalue weighted by Gasteiger charge is 2.19. The van der Waals surface area contributed by atoms with Crippen LogP contribution < -0.4 is 5.73 Å². The Kier molecular flexibility index (Phi) is 13.5. The summed E-state index contributed by atoms with van der Waals surface area (Å²) in [6.07, 6.45) is 5.50. The summed E-state index contributed by atoms with van der Waals surface area (Å²) in [5.74, 6) is 0.644. The molecule has 6 heteroatoms. The molecule has 0 aromatic rings. The molecule has 24 heavy (non-hydrogen) atoms. The highest BCUT2D eigenvalue weighted by Crippen LogP contribution is 2.28. The van der Waals surface area contributed by atoms with Crippen LogP contribution in [0.1, 0.15) is 72.6 Å². The number of carbonyl (C=O) groups is 3. The van der Waals surface area contributed by atoms with Gasteiger partial charge in [0.2, 0.25) is 5.91 Å². The molecule has 0 rings (SSSR count). The van der Waals surface area contributed by atoms with Crippen molar-refractivity contribution in [1.82, 2.24) is 0 Å². The number of hydrogen-bond acceptors (Lipinski definition) is 5. The fourth-order valence-electron chi connectivity index (χ4n) is 1.98. The number of rotatable bonds is 13. The Morgan fingerprint density at radius 2 is 1.50 bits per heavy atom. The molecule has 0 aromatic heterocycles. The van der Waals surface area contributed by atoms with Crippen molar-refractivity contribution in [3.05, 3.63) is 0 Å². The van der Waals surface area contributed by atoms with E-state index in [-0.39, 0.29) is 33.2 Å². The maximum atomic E-state index is 12.2. The standard InChI is InChI=1S/C18H33NO3S2/c1-5-13(3)17(21)23-12-11-15(9-7-8-10-16(19)20)24-18(22)14(4)6-2/h13-15H,5-12H2,1-4H3,(H2,19,20). The molecule has 3 unspecified atom stereocenters. The molecule has 0 bridgehead atoms. The largest absolute Gasteiger partial charge is 0.370 e. The first kappa shape index (κ1) is 23.5. The number of thioether (sulfide) groups is 2. The highest BCUT2D eigenvalue weighted by molar-refractivity contribution is 8.14. The van der Waals surface area contributed by atoms with E-state index >= 15 is 0 Å². The van der Waals surface area contributed by atoms with Gasteiger partial charge in [-0.05, 0) is 32.1 Å². The molecular weight excluding hydrogens is 342 g/mol. The summed E-state index contributed by atoms with van der Waals surface area (Å²) in [6, 6.07) is 0. The quantitative estimate of drug-likeness (QED) is 0.483. The number of amides is 1. The monoisotopic (exact) mass is 375 g/mol. The van der Waals surface area contributed by atoms with Crippen LogP contribution in [0, 0.1) is 11.8 Å². The summed E-state index contributed by atoms with van der Waals surface area (Å²) in [6.45, 7) is 7.95. The van der Waals surface area contributed by atoms with Crippen molar-refractivity contribution in [2.45, 2.75) is 77.9 Å². The van der Waals surface area contributed by atoms with E-state index in [0.717, 1.165) is 44.3 Å². The lowest BCUT2D eigenvalue weighted by atomic mass is 10.1. The van der Waals surface area contributed by atoms with Gasteiger partial charge >= 0.3 is 0 Å². The molecular formula is C18H33NO3S2. The number of nitrogens with two attached hydrogens (primary N) is 1. The van der Waals surface area contributed by atoms with Crippen molar-refractivity contribution in [2.24, 2.45) is 17.6 Å². The fourth-order valence-corrected chi connectivity index (χ4v) is 4.43. The first-order valence-corrected chi connectivity index (χ1v) is 10.8. The van der Waals surface area contributed by atoms with Gasteiger partial charge in [0.1, 0.15) is 0 Å². The Hall–Kier alpha value is -0.490. The van der Waals surface area contributed by atoms with Crippen molar-refractivity contribution < 1.29 is 14.4 Å². The van der Waals surface area contributed by atoms with Crippen molar-refractivity contribution in [1.29, 1.82) is 0 Å². The molecule has 0 aliphatic rings. The average Bonchev–Trinajstić information content (AvgIpc) is 2.56. The molecule has 0 aliphatic heterocycles. The van der Waals surface area contributed by atoms with Crippen molar-refractivity contribution >= 4 is 39.7 Å². The average molecular weight is 376 g/mol. The van der Waals surface area contributed by atoms with Gasteiger partial charge in [-0.25, -0.2) is 0 Å². The Labute approximate surface area is 155 Å². The van der Waals surface area contributed by atoms with E-state index in [1.54, 1.807) is 0 Å². The van der Waals surface area contributed by atoms with Gasteiger partial charge in [-0.2, -0.15) is 0 Å². The molecule has 0 aliphatic carbocycles. The minimum atomic E-state index is -0.274. The molecule has 0 saturated heterocycles. The Balaban J connectivity index is 4.37. The van der Waals surface area contributed by atoms with Crippen LogP contribution in [0.2, 0.25) is 0 Å². The first-order valence-electron chi connectivity index (χ1n) is 8.97. The zero-order valence-corrected chi connectivity index (χ0v) is 17.1. The Morgan fingerprint density at radius 3 is 2.04 bits per heavy atom. The zero-order chi connectivity index (χ0) is 18.5. The van der Waals surface area contributed by atoms with Crippen LogP contribution in [-0.4, -0.2) is 27.1 Å². The van der Waals surface area contributed by atoms with E-state index < -0.39 is 0 Å². The van der Waals surface area contributed by atoms with E-state index in [1.807, 2.05) is 27.7 Å². The van der Waals surface area contributed by atoms with Crippen molar-refractivity contribution in [2.75, 3.05) is 5.75 Å². The number of unbranched alkanes of at least 4 members (excludes halogenated alkanes) is 1. The van der Waals surface area contributed by atoms with Crippen molar-refractivity contribution in [3.8, 4) is 0 Å². The molecule has 2 N–H and O–H groups in total. The third-order valence-electron chi connectivity index (χ3n) is 4.20. The van der Waals surface area contributed by atoms with Crippen LogP contribution in [0.5, 0.6) is 0 Å². The normalized spacial score (nSPS) is 14.8. The topological polar surface area (TPSA) is 77.2 Å². The van der Waals surface area contributed by atoms with Crippen LogP contribution in [0.4, 0.5) is 0 Å². The minimum absolute atomic E-state index is 0.0671. The second kappa shape index (κ2) is 13.8. The smallest absolute Gasteiger partial charge is 0.217 e. The number of primary amides is 1. The second-order valence-electron chi connectivity index (χ2n) is 6.35. The SMILES string of the molecule is CCC(C)C(=O)SCCC(CCCCC(N)=O)SC(=O)C(C)CC. The van der Waals surface area contributed by atoms with Crippen molar-refractivity contribution in [3.63, 3.8) is 0 Å². The summed E-state index contributed by atoms with van der Waals surface area (Å²) < 4.78 is 0. The van der Waals surface area contributed by atoms with Crippen LogP contribution in [0.3, 0.4) is 0 Å². The predicted molar refractivity (Wildman–Crippen MR) is 105 cm³/mol. The second-order valence-corrected chi connectivity index (χ2v) is 8.75. The van der Waals surface area contributed by atoms with Crippen LogP contribution in [0.15, 0.2) is 0 Å². The molecule has 0 fully saturated rings.